The molecule has 0 saturated heterocycles. The lowest BCUT2D eigenvalue weighted by molar-refractivity contribution is 0.481. The lowest BCUT2D eigenvalue weighted by Gasteiger charge is -2.19. The van der Waals surface area contributed by atoms with Crippen LogP contribution >= 0.6 is 0 Å². The predicted octanol–water partition coefficient (Wildman–Crippen LogP) is 5.08. The number of aryl methyl sites for hydroxylation is 1. The molecule has 0 aromatic heterocycles. The molecular weight excluding hydrogens is 220 g/mol. The molecule has 2 rings (SSSR count). The Morgan fingerprint density at radius 1 is 0.833 bits per heavy atom. The topological polar surface area (TPSA) is 9.23 Å². The highest BCUT2D eigenvalue weighted by molar-refractivity contribution is 5.36. The molecule has 0 saturated carbocycles. The normalized spacial score (nSPS) is 11.3. The van der Waals surface area contributed by atoms with Crippen LogP contribution in [-0.4, -0.2) is 0 Å². The lowest BCUT2D eigenvalue weighted by Crippen LogP contribution is -2.10. The van der Waals surface area contributed by atoms with Gasteiger partial charge in [-0.05, 0) is 47.7 Å². The minimum Gasteiger partial charge on any atom is -0.457 e. The molecule has 0 aliphatic rings. The number of ether oxygens (including phenoxy) is 1. The molecule has 0 aliphatic carbocycles. The van der Waals surface area contributed by atoms with E-state index in [1.54, 1.807) is 0 Å². The summed E-state index contributed by atoms with van der Waals surface area (Å²) < 4.78 is 5.83. The highest BCUT2D eigenvalue weighted by atomic mass is 16.5. The molecule has 0 radical (unpaired) electrons. The summed E-state index contributed by atoms with van der Waals surface area (Å²) in [5.74, 6) is 1.77. The molecule has 1 nitrogen and oxygen atoms in total. The maximum atomic E-state index is 5.83. The third-order valence-electron chi connectivity index (χ3n) is 2.95. The third-order valence-corrected chi connectivity index (χ3v) is 2.95. The van der Waals surface area contributed by atoms with E-state index >= 15 is 0 Å². The van der Waals surface area contributed by atoms with Crippen molar-refractivity contribution in [3.8, 4) is 11.5 Å². The van der Waals surface area contributed by atoms with Gasteiger partial charge in [0.25, 0.3) is 0 Å². The molecule has 0 heterocycles. The summed E-state index contributed by atoms with van der Waals surface area (Å²) in [7, 11) is 0. The van der Waals surface area contributed by atoms with Gasteiger partial charge in [-0.15, -0.1) is 0 Å². The summed E-state index contributed by atoms with van der Waals surface area (Å²) in [4.78, 5) is 0. The van der Waals surface area contributed by atoms with E-state index in [1.807, 2.05) is 30.3 Å². The van der Waals surface area contributed by atoms with Crippen molar-refractivity contribution in [3.05, 3.63) is 59.7 Å². The fourth-order valence-corrected chi connectivity index (χ4v) is 1.84. The molecular formula is C17H20O. The minimum atomic E-state index is 0.182. The van der Waals surface area contributed by atoms with Crippen molar-refractivity contribution in [2.75, 3.05) is 0 Å². The summed E-state index contributed by atoms with van der Waals surface area (Å²) in [5, 5.41) is 0. The Kier molecular flexibility index (Phi) is 3.42. The standard InChI is InChI=1S/C17H20O/c1-13-6-5-7-16(12-13)18-15-10-8-14(9-11-15)17(2,3)4/h5-12H,1-4H3. The van der Waals surface area contributed by atoms with Gasteiger partial charge in [0.05, 0.1) is 0 Å². The van der Waals surface area contributed by atoms with Crippen LogP contribution in [0, 0.1) is 6.92 Å². The maximum Gasteiger partial charge on any atom is 0.127 e. The zero-order valence-electron chi connectivity index (χ0n) is 11.5. The average Bonchev–Trinajstić information content (AvgIpc) is 2.28. The first-order chi connectivity index (χ1) is 8.45. The quantitative estimate of drug-likeness (QED) is 0.711. The first-order valence-corrected chi connectivity index (χ1v) is 6.30. The van der Waals surface area contributed by atoms with Gasteiger partial charge in [-0.1, -0.05) is 45.0 Å². The second-order valence-electron chi connectivity index (χ2n) is 5.69. The summed E-state index contributed by atoms with van der Waals surface area (Å²) in [6.07, 6.45) is 0. The van der Waals surface area contributed by atoms with Crippen LogP contribution in [0.1, 0.15) is 31.9 Å². The van der Waals surface area contributed by atoms with E-state index in [2.05, 4.69) is 45.9 Å². The molecule has 0 bridgehead atoms. The monoisotopic (exact) mass is 240 g/mol. The van der Waals surface area contributed by atoms with Crippen LogP contribution in [0.3, 0.4) is 0 Å². The Morgan fingerprint density at radius 2 is 1.50 bits per heavy atom. The predicted molar refractivity (Wildman–Crippen MR) is 76.4 cm³/mol. The van der Waals surface area contributed by atoms with Crippen LogP contribution in [0.4, 0.5) is 0 Å². The molecule has 94 valence electrons. The van der Waals surface area contributed by atoms with Crippen molar-refractivity contribution in [2.45, 2.75) is 33.1 Å². The maximum absolute atomic E-state index is 5.83. The van der Waals surface area contributed by atoms with Crippen LogP contribution in [0.2, 0.25) is 0 Å². The van der Waals surface area contributed by atoms with Gasteiger partial charge in [-0.2, -0.15) is 0 Å². The van der Waals surface area contributed by atoms with Crippen LogP contribution in [0.5, 0.6) is 11.5 Å². The Labute approximate surface area is 109 Å². The van der Waals surface area contributed by atoms with Crippen molar-refractivity contribution < 1.29 is 4.74 Å². The minimum absolute atomic E-state index is 0.182. The largest absolute Gasteiger partial charge is 0.457 e. The summed E-state index contributed by atoms with van der Waals surface area (Å²) in [6.45, 7) is 8.70. The second-order valence-corrected chi connectivity index (χ2v) is 5.69. The van der Waals surface area contributed by atoms with E-state index in [-0.39, 0.29) is 5.41 Å². The first kappa shape index (κ1) is 12.7. The number of hydrogen-bond acceptors (Lipinski definition) is 1. The van der Waals surface area contributed by atoms with E-state index in [0.717, 1.165) is 11.5 Å². The van der Waals surface area contributed by atoms with Gasteiger partial charge in [0.15, 0.2) is 0 Å². The Balaban J connectivity index is 2.16. The Hall–Kier alpha value is -1.76. The lowest BCUT2D eigenvalue weighted by atomic mass is 9.87. The van der Waals surface area contributed by atoms with E-state index in [4.69, 9.17) is 4.74 Å². The van der Waals surface area contributed by atoms with Gasteiger partial charge in [0.2, 0.25) is 0 Å². The highest BCUT2D eigenvalue weighted by Crippen LogP contribution is 2.27. The Bertz CT molecular complexity index is 518. The molecule has 0 amide bonds. The SMILES string of the molecule is Cc1cccc(Oc2ccc(C(C)(C)C)cc2)c1. The summed E-state index contributed by atoms with van der Waals surface area (Å²) in [5.41, 5.74) is 2.71. The molecule has 0 atom stereocenters. The van der Waals surface area contributed by atoms with Crippen molar-refractivity contribution >= 4 is 0 Å². The molecule has 1 heteroatoms. The second kappa shape index (κ2) is 4.85. The van der Waals surface area contributed by atoms with Crippen LogP contribution < -0.4 is 4.74 Å². The van der Waals surface area contributed by atoms with Crippen molar-refractivity contribution in [1.82, 2.24) is 0 Å². The van der Waals surface area contributed by atoms with Gasteiger partial charge in [0, 0.05) is 0 Å². The van der Waals surface area contributed by atoms with E-state index in [9.17, 15) is 0 Å². The molecule has 18 heavy (non-hydrogen) atoms. The van der Waals surface area contributed by atoms with Crippen molar-refractivity contribution in [1.29, 1.82) is 0 Å². The van der Waals surface area contributed by atoms with Gasteiger partial charge in [-0.25, -0.2) is 0 Å². The number of benzene rings is 2. The fourth-order valence-electron chi connectivity index (χ4n) is 1.84. The average molecular weight is 240 g/mol. The van der Waals surface area contributed by atoms with Crippen molar-refractivity contribution in [2.24, 2.45) is 0 Å². The Morgan fingerprint density at radius 3 is 2.06 bits per heavy atom. The molecule has 2 aromatic carbocycles. The molecule has 0 N–H and O–H groups in total. The van der Waals surface area contributed by atoms with E-state index in [1.165, 1.54) is 11.1 Å². The van der Waals surface area contributed by atoms with Crippen LogP contribution in [0.15, 0.2) is 48.5 Å². The zero-order chi connectivity index (χ0) is 13.2. The smallest absolute Gasteiger partial charge is 0.127 e. The van der Waals surface area contributed by atoms with E-state index in [0.29, 0.717) is 0 Å². The number of hydrogen-bond donors (Lipinski definition) is 0. The first-order valence-electron chi connectivity index (χ1n) is 6.30. The summed E-state index contributed by atoms with van der Waals surface area (Å²) in [6, 6.07) is 16.4. The van der Waals surface area contributed by atoms with E-state index < -0.39 is 0 Å². The molecule has 0 unspecified atom stereocenters. The van der Waals surface area contributed by atoms with Gasteiger partial charge in [0.1, 0.15) is 11.5 Å². The summed E-state index contributed by atoms with van der Waals surface area (Å²) >= 11 is 0. The zero-order valence-corrected chi connectivity index (χ0v) is 11.5. The number of rotatable bonds is 2. The van der Waals surface area contributed by atoms with Gasteiger partial charge < -0.3 is 4.74 Å². The molecule has 0 aliphatic heterocycles. The van der Waals surface area contributed by atoms with Crippen LogP contribution in [0.25, 0.3) is 0 Å². The molecule has 0 fully saturated rings. The van der Waals surface area contributed by atoms with Gasteiger partial charge in [-0.3, -0.25) is 0 Å². The fraction of sp³-hybridized carbons (Fsp3) is 0.294. The third kappa shape index (κ3) is 3.13. The van der Waals surface area contributed by atoms with Gasteiger partial charge >= 0.3 is 0 Å². The highest BCUT2D eigenvalue weighted by Gasteiger charge is 2.12. The molecule has 0 spiro atoms. The van der Waals surface area contributed by atoms with Crippen LogP contribution in [-0.2, 0) is 5.41 Å². The molecule has 2 aromatic rings. The van der Waals surface area contributed by atoms with Crippen molar-refractivity contribution in [3.63, 3.8) is 0 Å².